The van der Waals surface area contributed by atoms with E-state index in [1.165, 1.54) is 5.92 Å². The third-order valence-corrected chi connectivity index (χ3v) is 5.78. The van der Waals surface area contributed by atoms with E-state index < -0.39 is 0 Å². The average Bonchev–Trinajstić information content (AvgIpc) is 2.97. The fraction of sp³-hybridized carbons (Fsp3) is 1.00. The first-order chi connectivity index (χ1) is 6.20. The molecule has 0 N–H and O–H groups in total. The summed E-state index contributed by atoms with van der Waals surface area (Å²) in [5.74, 6) is 3.50. The second kappa shape index (κ2) is 1.85. The number of hydrogen-bond donors (Lipinski definition) is 0. The molecule has 0 heterocycles. The van der Waals surface area contributed by atoms with E-state index in [-0.39, 0.29) is 0 Å². The van der Waals surface area contributed by atoms with Gasteiger partial charge in [0.05, 0.1) is 0 Å². The zero-order valence-electron chi connectivity index (χ0n) is 8.68. The van der Waals surface area contributed by atoms with E-state index in [9.17, 15) is 0 Å². The molecule has 4 saturated carbocycles. The van der Waals surface area contributed by atoms with Crippen molar-refractivity contribution < 1.29 is 0 Å². The van der Waals surface area contributed by atoms with Crippen molar-refractivity contribution in [3.05, 3.63) is 0 Å². The topological polar surface area (TPSA) is 0 Å². The second-order valence-electron chi connectivity index (χ2n) is 6.86. The van der Waals surface area contributed by atoms with E-state index in [2.05, 4.69) is 6.92 Å². The van der Waals surface area contributed by atoms with E-state index in [1.54, 1.807) is 44.9 Å². The summed E-state index contributed by atoms with van der Waals surface area (Å²) >= 11 is 0. The smallest absolute Gasteiger partial charge is 0.0266 e. The highest BCUT2D eigenvalue weighted by Gasteiger charge is 2.64. The maximum Gasteiger partial charge on any atom is -0.0266 e. The summed E-state index contributed by atoms with van der Waals surface area (Å²) in [6, 6.07) is 0. The minimum absolute atomic E-state index is 0.844. The third-order valence-electron chi connectivity index (χ3n) is 5.78. The van der Waals surface area contributed by atoms with Crippen LogP contribution < -0.4 is 0 Å². The van der Waals surface area contributed by atoms with Gasteiger partial charge >= 0.3 is 0 Å². The van der Waals surface area contributed by atoms with Crippen molar-refractivity contribution >= 4 is 0 Å². The summed E-state index contributed by atoms with van der Waals surface area (Å²) in [5, 5.41) is 0. The summed E-state index contributed by atoms with van der Waals surface area (Å²) < 4.78 is 0. The predicted octanol–water partition coefficient (Wildman–Crippen LogP) is 3.61. The van der Waals surface area contributed by atoms with Crippen LogP contribution in [0.15, 0.2) is 0 Å². The first-order valence-corrected chi connectivity index (χ1v) is 6.20. The summed E-state index contributed by atoms with van der Waals surface area (Å²) in [6.45, 7) is 2.53. The van der Waals surface area contributed by atoms with Crippen molar-refractivity contribution in [3.8, 4) is 0 Å². The fourth-order valence-electron chi connectivity index (χ4n) is 4.39. The largest absolute Gasteiger partial charge is 0.0594 e. The van der Waals surface area contributed by atoms with Crippen LogP contribution in [0, 0.1) is 28.6 Å². The minimum atomic E-state index is 0.844. The Labute approximate surface area is 81.1 Å². The van der Waals surface area contributed by atoms with Crippen molar-refractivity contribution in [2.75, 3.05) is 0 Å². The first kappa shape index (κ1) is 7.31. The molecule has 4 aliphatic carbocycles. The van der Waals surface area contributed by atoms with E-state index in [1.807, 2.05) is 0 Å². The molecule has 0 saturated heterocycles. The molecule has 0 nitrogen and oxygen atoms in total. The Morgan fingerprint density at radius 3 is 2.54 bits per heavy atom. The van der Waals surface area contributed by atoms with Crippen molar-refractivity contribution in [1.82, 2.24) is 0 Å². The monoisotopic (exact) mass is 176 g/mol. The lowest BCUT2D eigenvalue weighted by Gasteiger charge is -2.12. The Morgan fingerprint density at radius 1 is 1.15 bits per heavy atom. The molecule has 4 unspecified atom stereocenters. The van der Waals surface area contributed by atoms with Crippen LogP contribution in [0.4, 0.5) is 0 Å². The van der Waals surface area contributed by atoms with Crippen molar-refractivity contribution in [2.45, 2.75) is 51.9 Å². The molecular weight excluding hydrogens is 156 g/mol. The number of hydrogen-bond acceptors (Lipinski definition) is 0. The highest BCUT2D eigenvalue weighted by molar-refractivity contribution is 5.14. The second-order valence-corrected chi connectivity index (χ2v) is 6.86. The summed E-state index contributed by atoms with van der Waals surface area (Å²) in [7, 11) is 0. The van der Waals surface area contributed by atoms with E-state index in [4.69, 9.17) is 0 Å². The molecule has 72 valence electrons. The maximum absolute atomic E-state index is 2.53. The van der Waals surface area contributed by atoms with Gasteiger partial charge in [0.15, 0.2) is 0 Å². The SMILES string of the molecule is CC12CC(CC3CC34CC4)CC1C2. The van der Waals surface area contributed by atoms with Crippen LogP contribution in [0.1, 0.15) is 51.9 Å². The summed E-state index contributed by atoms with van der Waals surface area (Å²) in [5.41, 5.74) is 1.81. The lowest BCUT2D eigenvalue weighted by Crippen LogP contribution is -2.01. The zero-order chi connectivity index (χ0) is 8.68. The molecule has 0 aliphatic heterocycles. The molecule has 0 bridgehead atoms. The maximum atomic E-state index is 2.53. The van der Waals surface area contributed by atoms with Gasteiger partial charge in [-0.2, -0.15) is 0 Å². The van der Waals surface area contributed by atoms with Gasteiger partial charge in [-0.25, -0.2) is 0 Å². The summed E-state index contributed by atoms with van der Waals surface area (Å²) in [6.07, 6.45) is 11.2. The molecule has 0 aromatic rings. The Balaban J connectivity index is 1.38. The summed E-state index contributed by atoms with van der Waals surface area (Å²) in [4.78, 5) is 0. The molecule has 4 rings (SSSR count). The standard InChI is InChI=1S/C13H20/c1-12-6-9(4-10(12)7-12)5-11-8-13(11)2-3-13/h9-11H,2-8H2,1H3. The lowest BCUT2D eigenvalue weighted by molar-refractivity contribution is 0.384. The van der Waals surface area contributed by atoms with Gasteiger partial charge in [0.25, 0.3) is 0 Å². The zero-order valence-corrected chi connectivity index (χ0v) is 8.68. The van der Waals surface area contributed by atoms with Crippen LogP contribution in [-0.2, 0) is 0 Å². The van der Waals surface area contributed by atoms with E-state index >= 15 is 0 Å². The van der Waals surface area contributed by atoms with Crippen LogP contribution in [0.5, 0.6) is 0 Å². The molecule has 4 aliphatic rings. The number of fused-ring (bicyclic) bond motifs is 1. The molecular formula is C13H20. The van der Waals surface area contributed by atoms with E-state index in [0.29, 0.717) is 0 Å². The molecule has 0 amide bonds. The van der Waals surface area contributed by atoms with Crippen LogP contribution in [0.3, 0.4) is 0 Å². The van der Waals surface area contributed by atoms with Gasteiger partial charge in [0.2, 0.25) is 0 Å². The number of rotatable bonds is 2. The molecule has 13 heavy (non-hydrogen) atoms. The van der Waals surface area contributed by atoms with E-state index in [0.717, 1.165) is 22.7 Å². The van der Waals surface area contributed by atoms with Gasteiger partial charge in [0.1, 0.15) is 0 Å². The quantitative estimate of drug-likeness (QED) is 0.603. The van der Waals surface area contributed by atoms with Crippen molar-refractivity contribution in [2.24, 2.45) is 28.6 Å². The van der Waals surface area contributed by atoms with Gasteiger partial charge in [-0.3, -0.25) is 0 Å². The normalized spacial score (nSPS) is 59.3. The highest BCUT2D eigenvalue weighted by Crippen LogP contribution is 2.74. The molecule has 4 fully saturated rings. The lowest BCUT2D eigenvalue weighted by atomic mass is 9.93. The van der Waals surface area contributed by atoms with Gasteiger partial charge in [0, 0.05) is 0 Å². The Morgan fingerprint density at radius 2 is 2.00 bits per heavy atom. The van der Waals surface area contributed by atoms with Gasteiger partial charge < -0.3 is 0 Å². The van der Waals surface area contributed by atoms with Crippen LogP contribution in [-0.4, -0.2) is 0 Å². The predicted molar refractivity (Wildman–Crippen MR) is 53.3 cm³/mol. The van der Waals surface area contributed by atoms with Gasteiger partial charge in [-0.15, -0.1) is 0 Å². The average molecular weight is 176 g/mol. The Kier molecular flexibility index (Phi) is 1.04. The van der Waals surface area contributed by atoms with Crippen LogP contribution in [0.2, 0.25) is 0 Å². The van der Waals surface area contributed by atoms with Crippen molar-refractivity contribution in [3.63, 3.8) is 0 Å². The molecule has 0 radical (unpaired) electrons. The molecule has 0 aromatic heterocycles. The molecule has 0 aromatic carbocycles. The molecule has 4 atom stereocenters. The van der Waals surface area contributed by atoms with Crippen LogP contribution >= 0.6 is 0 Å². The Bertz CT molecular complexity index is 263. The molecule has 0 heteroatoms. The first-order valence-electron chi connectivity index (χ1n) is 6.20. The fourth-order valence-corrected chi connectivity index (χ4v) is 4.39. The van der Waals surface area contributed by atoms with Crippen LogP contribution in [0.25, 0.3) is 0 Å². The minimum Gasteiger partial charge on any atom is -0.0594 e. The van der Waals surface area contributed by atoms with Gasteiger partial charge in [-0.05, 0) is 73.5 Å². The van der Waals surface area contributed by atoms with Crippen molar-refractivity contribution in [1.29, 1.82) is 0 Å². The third kappa shape index (κ3) is 0.926. The van der Waals surface area contributed by atoms with Gasteiger partial charge in [-0.1, -0.05) is 6.92 Å². The Hall–Kier alpha value is 0. The highest BCUT2D eigenvalue weighted by atomic mass is 14.7. The molecule has 1 spiro atoms.